The minimum atomic E-state index is -0.198. The van der Waals surface area contributed by atoms with Crippen molar-refractivity contribution in [1.82, 2.24) is 5.32 Å². The smallest absolute Gasteiger partial charge is 0.0517 e. The Balaban J connectivity index is 2.34. The summed E-state index contributed by atoms with van der Waals surface area (Å²) in [5, 5.41) is 13.2. The molecule has 3 unspecified atom stereocenters. The van der Waals surface area contributed by atoms with E-state index in [-0.39, 0.29) is 11.5 Å². The highest BCUT2D eigenvalue weighted by Gasteiger charge is 2.26. The predicted molar refractivity (Wildman–Crippen MR) is 74.0 cm³/mol. The van der Waals surface area contributed by atoms with E-state index in [1.807, 2.05) is 6.92 Å². The summed E-state index contributed by atoms with van der Waals surface area (Å²) in [5.41, 5.74) is 0.193. The maximum Gasteiger partial charge on any atom is 0.0517 e. The van der Waals surface area contributed by atoms with Crippen molar-refractivity contribution >= 4 is 0 Å². The van der Waals surface area contributed by atoms with Crippen LogP contribution in [0, 0.1) is 17.3 Å². The molecule has 0 aliphatic heterocycles. The van der Waals surface area contributed by atoms with Crippen LogP contribution in [0.1, 0.15) is 60.3 Å². The molecule has 0 aromatic heterocycles. The Labute approximate surface area is 107 Å². The van der Waals surface area contributed by atoms with Crippen molar-refractivity contribution in [3.63, 3.8) is 0 Å². The van der Waals surface area contributed by atoms with Crippen molar-refractivity contribution in [2.24, 2.45) is 17.3 Å². The lowest BCUT2D eigenvalue weighted by Gasteiger charge is -2.35. The zero-order valence-electron chi connectivity index (χ0n) is 12.3. The Morgan fingerprint density at radius 3 is 2.18 bits per heavy atom. The van der Waals surface area contributed by atoms with Crippen LogP contribution in [0.2, 0.25) is 0 Å². The fourth-order valence-electron chi connectivity index (χ4n) is 3.41. The number of hydrogen-bond acceptors (Lipinski definition) is 2. The quantitative estimate of drug-likeness (QED) is 0.775. The van der Waals surface area contributed by atoms with E-state index in [0.29, 0.717) is 6.04 Å². The molecule has 1 fully saturated rings. The zero-order chi connectivity index (χ0) is 13.1. The highest BCUT2D eigenvalue weighted by Crippen LogP contribution is 2.29. The average Bonchev–Trinajstić information content (AvgIpc) is 2.11. The van der Waals surface area contributed by atoms with E-state index in [1.54, 1.807) is 0 Å². The number of aliphatic hydroxyl groups excluding tert-OH is 1. The Bertz CT molecular complexity index is 215. The molecule has 0 amide bonds. The van der Waals surface area contributed by atoms with Crippen LogP contribution < -0.4 is 5.32 Å². The van der Waals surface area contributed by atoms with Crippen molar-refractivity contribution in [3.05, 3.63) is 0 Å². The summed E-state index contributed by atoms with van der Waals surface area (Å²) in [7, 11) is 0. The standard InChI is InChI=1S/C15H31NO/c1-11-6-12(2)8-14(7-11)16-10-15(4,5)9-13(3)17/h11-14,16-17H,6-10H2,1-5H3. The summed E-state index contributed by atoms with van der Waals surface area (Å²) in [6.07, 6.45) is 4.69. The van der Waals surface area contributed by atoms with Gasteiger partial charge in [-0.25, -0.2) is 0 Å². The first-order valence-corrected chi connectivity index (χ1v) is 7.20. The predicted octanol–water partition coefficient (Wildman–Crippen LogP) is 3.20. The van der Waals surface area contributed by atoms with Gasteiger partial charge in [-0.3, -0.25) is 0 Å². The Hall–Kier alpha value is -0.0800. The van der Waals surface area contributed by atoms with Crippen LogP contribution in [0.25, 0.3) is 0 Å². The molecule has 1 aliphatic carbocycles. The molecule has 102 valence electrons. The normalized spacial score (nSPS) is 32.5. The minimum absolute atomic E-state index is 0.193. The summed E-state index contributed by atoms with van der Waals surface area (Å²) < 4.78 is 0. The summed E-state index contributed by atoms with van der Waals surface area (Å²) in [6, 6.07) is 0.682. The molecule has 2 heteroatoms. The molecule has 0 radical (unpaired) electrons. The molecule has 1 rings (SSSR count). The fourth-order valence-corrected chi connectivity index (χ4v) is 3.41. The zero-order valence-corrected chi connectivity index (χ0v) is 12.3. The Kier molecular flexibility index (Phi) is 5.46. The van der Waals surface area contributed by atoms with E-state index >= 15 is 0 Å². The second kappa shape index (κ2) is 6.19. The van der Waals surface area contributed by atoms with Gasteiger partial charge in [0.25, 0.3) is 0 Å². The highest BCUT2D eigenvalue weighted by molar-refractivity contribution is 4.82. The third kappa shape index (κ3) is 5.87. The molecule has 0 spiro atoms. The molecule has 2 nitrogen and oxygen atoms in total. The number of nitrogens with one attached hydrogen (secondary N) is 1. The van der Waals surface area contributed by atoms with Crippen LogP contribution in [0.3, 0.4) is 0 Å². The molecular weight excluding hydrogens is 210 g/mol. The van der Waals surface area contributed by atoms with Gasteiger partial charge in [0.2, 0.25) is 0 Å². The van der Waals surface area contributed by atoms with E-state index in [4.69, 9.17) is 0 Å². The maximum absolute atomic E-state index is 9.48. The van der Waals surface area contributed by atoms with Crippen LogP contribution in [0.15, 0.2) is 0 Å². The monoisotopic (exact) mass is 241 g/mol. The molecule has 1 aliphatic rings. The summed E-state index contributed by atoms with van der Waals surface area (Å²) in [5.74, 6) is 1.72. The van der Waals surface area contributed by atoms with E-state index in [2.05, 4.69) is 33.0 Å². The van der Waals surface area contributed by atoms with Crippen molar-refractivity contribution < 1.29 is 5.11 Å². The van der Waals surface area contributed by atoms with Gasteiger partial charge in [-0.2, -0.15) is 0 Å². The first-order valence-electron chi connectivity index (χ1n) is 7.20. The van der Waals surface area contributed by atoms with E-state index in [1.165, 1.54) is 19.3 Å². The topological polar surface area (TPSA) is 32.3 Å². The molecule has 3 atom stereocenters. The molecule has 0 aromatic carbocycles. The van der Waals surface area contributed by atoms with Gasteiger partial charge in [0.15, 0.2) is 0 Å². The van der Waals surface area contributed by atoms with Gasteiger partial charge >= 0.3 is 0 Å². The van der Waals surface area contributed by atoms with Gasteiger partial charge in [-0.05, 0) is 49.9 Å². The summed E-state index contributed by atoms with van der Waals surface area (Å²) >= 11 is 0. The van der Waals surface area contributed by atoms with Gasteiger partial charge in [0, 0.05) is 12.6 Å². The van der Waals surface area contributed by atoms with Gasteiger partial charge in [-0.15, -0.1) is 0 Å². The lowest BCUT2D eigenvalue weighted by Crippen LogP contribution is -2.41. The van der Waals surface area contributed by atoms with Crippen LogP contribution in [-0.4, -0.2) is 23.8 Å². The summed E-state index contributed by atoms with van der Waals surface area (Å²) in [6.45, 7) is 12.1. The Morgan fingerprint density at radius 1 is 1.18 bits per heavy atom. The largest absolute Gasteiger partial charge is 0.393 e. The van der Waals surface area contributed by atoms with E-state index in [0.717, 1.165) is 24.8 Å². The van der Waals surface area contributed by atoms with Crippen molar-refractivity contribution in [2.45, 2.75) is 72.4 Å². The van der Waals surface area contributed by atoms with Gasteiger partial charge in [0.1, 0.15) is 0 Å². The van der Waals surface area contributed by atoms with Crippen molar-refractivity contribution in [3.8, 4) is 0 Å². The molecule has 0 aromatic rings. The number of rotatable bonds is 5. The van der Waals surface area contributed by atoms with Gasteiger partial charge in [0.05, 0.1) is 6.10 Å². The van der Waals surface area contributed by atoms with Crippen LogP contribution >= 0.6 is 0 Å². The van der Waals surface area contributed by atoms with Crippen molar-refractivity contribution in [2.75, 3.05) is 6.54 Å². The molecule has 1 saturated carbocycles. The number of aliphatic hydroxyl groups is 1. The lowest BCUT2D eigenvalue weighted by molar-refractivity contribution is 0.122. The third-order valence-corrected chi connectivity index (χ3v) is 3.90. The average molecular weight is 241 g/mol. The molecule has 17 heavy (non-hydrogen) atoms. The molecule has 0 saturated heterocycles. The van der Waals surface area contributed by atoms with Gasteiger partial charge in [-0.1, -0.05) is 27.7 Å². The second-order valence-corrected chi connectivity index (χ2v) is 7.21. The first-order chi connectivity index (χ1) is 7.78. The lowest BCUT2D eigenvalue weighted by atomic mass is 9.79. The van der Waals surface area contributed by atoms with E-state index in [9.17, 15) is 5.11 Å². The van der Waals surface area contributed by atoms with Crippen LogP contribution in [-0.2, 0) is 0 Å². The molecular formula is C15H31NO. The maximum atomic E-state index is 9.48. The number of hydrogen-bond donors (Lipinski definition) is 2. The van der Waals surface area contributed by atoms with Crippen LogP contribution in [0.5, 0.6) is 0 Å². The first kappa shape index (κ1) is 15.0. The van der Waals surface area contributed by atoms with E-state index < -0.39 is 0 Å². The minimum Gasteiger partial charge on any atom is -0.393 e. The molecule has 0 heterocycles. The fraction of sp³-hybridized carbons (Fsp3) is 1.00. The second-order valence-electron chi connectivity index (χ2n) is 7.21. The van der Waals surface area contributed by atoms with Crippen LogP contribution in [0.4, 0.5) is 0 Å². The third-order valence-electron chi connectivity index (χ3n) is 3.90. The van der Waals surface area contributed by atoms with Gasteiger partial charge < -0.3 is 10.4 Å². The molecule has 0 bridgehead atoms. The Morgan fingerprint density at radius 2 is 1.71 bits per heavy atom. The molecule has 2 N–H and O–H groups in total. The van der Waals surface area contributed by atoms with Crippen molar-refractivity contribution in [1.29, 1.82) is 0 Å². The summed E-state index contributed by atoms with van der Waals surface area (Å²) in [4.78, 5) is 0. The highest BCUT2D eigenvalue weighted by atomic mass is 16.3. The SMILES string of the molecule is CC(O)CC(C)(C)CNC1CC(C)CC(C)C1.